The van der Waals surface area contributed by atoms with E-state index in [9.17, 15) is 4.79 Å². The van der Waals surface area contributed by atoms with Gasteiger partial charge in [-0.1, -0.05) is 43.7 Å². The number of hydrogen-bond donors (Lipinski definition) is 2. The van der Waals surface area contributed by atoms with Crippen LogP contribution in [0.1, 0.15) is 38.7 Å². The smallest absolute Gasteiger partial charge is 0.244 e. The Morgan fingerprint density at radius 2 is 2.00 bits per heavy atom. The third-order valence-electron chi connectivity index (χ3n) is 4.02. The molecule has 1 aromatic rings. The summed E-state index contributed by atoms with van der Waals surface area (Å²) < 4.78 is 0. The molecule has 1 fully saturated rings. The SMILES string of the molecule is CC1CCCC1NC(=O)C(C)(N)c1ccccc1. The topological polar surface area (TPSA) is 55.1 Å². The van der Waals surface area contributed by atoms with Gasteiger partial charge in [0.1, 0.15) is 5.54 Å². The van der Waals surface area contributed by atoms with Gasteiger partial charge in [0.25, 0.3) is 0 Å². The van der Waals surface area contributed by atoms with Gasteiger partial charge in [-0.15, -0.1) is 0 Å². The van der Waals surface area contributed by atoms with Gasteiger partial charge in [-0.2, -0.15) is 0 Å². The van der Waals surface area contributed by atoms with E-state index in [0.29, 0.717) is 5.92 Å². The Balaban J connectivity index is 2.08. The lowest BCUT2D eigenvalue weighted by Gasteiger charge is -2.27. The average molecular weight is 246 g/mol. The molecule has 0 aliphatic heterocycles. The predicted octanol–water partition coefficient (Wildman–Crippen LogP) is 2.17. The molecule has 2 rings (SSSR count). The highest BCUT2D eigenvalue weighted by molar-refractivity contribution is 5.87. The molecule has 0 bridgehead atoms. The van der Waals surface area contributed by atoms with Crippen molar-refractivity contribution in [2.75, 3.05) is 0 Å². The number of carbonyl (C=O) groups is 1. The van der Waals surface area contributed by atoms with Gasteiger partial charge in [0, 0.05) is 6.04 Å². The fourth-order valence-electron chi connectivity index (χ4n) is 2.59. The van der Waals surface area contributed by atoms with Crippen molar-refractivity contribution in [1.29, 1.82) is 0 Å². The van der Waals surface area contributed by atoms with E-state index in [1.54, 1.807) is 6.92 Å². The second kappa shape index (κ2) is 5.11. The molecule has 1 aliphatic rings. The van der Waals surface area contributed by atoms with Crippen LogP contribution in [0.15, 0.2) is 30.3 Å². The number of amides is 1. The first kappa shape index (κ1) is 13.1. The summed E-state index contributed by atoms with van der Waals surface area (Å²) in [4.78, 5) is 12.3. The molecule has 3 unspecified atom stereocenters. The highest BCUT2D eigenvalue weighted by atomic mass is 16.2. The number of nitrogens with one attached hydrogen (secondary N) is 1. The maximum atomic E-state index is 12.3. The number of hydrogen-bond acceptors (Lipinski definition) is 2. The van der Waals surface area contributed by atoms with Gasteiger partial charge in [-0.25, -0.2) is 0 Å². The van der Waals surface area contributed by atoms with Gasteiger partial charge in [0.15, 0.2) is 0 Å². The second-order valence-electron chi connectivity index (χ2n) is 5.56. The molecule has 98 valence electrons. The van der Waals surface area contributed by atoms with Crippen molar-refractivity contribution in [2.45, 2.75) is 44.7 Å². The second-order valence-corrected chi connectivity index (χ2v) is 5.56. The first-order valence-corrected chi connectivity index (χ1v) is 6.67. The summed E-state index contributed by atoms with van der Waals surface area (Å²) >= 11 is 0. The number of carbonyl (C=O) groups excluding carboxylic acids is 1. The van der Waals surface area contributed by atoms with E-state index in [4.69, 9.17) is 5.73 Å². The van der Waals surface area contributed by atoms with Gasteiger partial charge in [-0.3, -0.25) is 4.79 Å². The molecule has 1 aromatic carbocycles. The summed E-state index contributed by atoms with van der Waals surface area (Å²) in [6, 6.07) is 9.83. The Morgan fingerprint density at radius 1 is 1.33 bits per heavy atom. The van der Waals surface area contributed by atoms with Crippen LogP contribution in [-0.2, 0) is 10.3 Å². The fraction of sp³-hybridized carbons (Fsp3) is 0.533. The van der Waals surface area contributed by atoms with Gasteiger partial charge in [0.2, 0.25) is 5.91 Å². The standard InChI is InChI=1S/C15H22N2O/c1-11-7-6-10-13(11)17-14(18)15(2,16)12-8-4-3-5-9-12/h3-5,8-9,11,13H,6-7,10,16H2,1-2H3,(H,17,18). The van der Waals surface area contributed by atoms with Crippen LogP contribution in [0.2, 0.25) is 0 Å². The van der Waals surface area contributed by atoms with Crippen LogP contribution in [0.25, 0.3) is 0 Å². The number of nitrogens with two attached hydrogens (primary N) is 1. The van der Waals surface area contributed by atoms with Crippen LogP contribution in [-0.4, -0.2) is 11.9 Å². The molecule has 3 atom stereocenters. The Kier molecular flexibility index (Phi) is 3.71. The normalized spacial score (nSPS) is 26.6. The van der Waals surface area contributed by atoms with E-state index in [-0.39, 0.29) is 11.9 Å². The molecule has 0 aromatic heterocycles. The van der Waals surface area contributed by atoms with E-state index in [1.165, 1.54) is 12.8 Å². The molecule has 1 saturated carbocycles. The monoisotopic (exact) mass is 246 g/mol. The summed E-state index contributed by atoms with van der Waals surface area (Å²) in [5, 5.41) is 3.10. The highest BCUT2D eigenvalue weighted by Crippen LogP contribution is 2.26. The van der Waals surface area contributed by atoms with Crippen LogP contribution in [0, 0.1) is 5.92 Å². The molecule has 18 heavy (non-hydrogen) atoms. The van der Waals surface area contributed by atoms with Gasteiger partial charge in [0.05, 0.1) is 0 Å². The quantitative estimate of drug-likeness (QED) is 0.858. The minimum absolute atomic E-state index is 0.0764. The van der Waals surface area contributed by atoms with Crippen LogP contribution in [0.3, 0.4) is 0 Å². The first-order valence-electron chi connectivity index (χ1n) is 6.67. The van der Waals surface area contributed by atoms with E-state index in [2.05, 4.69) is 12.2 Å². The molecule has 0 radical (unpaired) electrons. The molecular formula is C15H22N2O. The fourth-order valence-corrected chi connectivity index (χ4v) is 2.59. The Hall–Kier alpha value is -1.35. The number of benzene rings is 1. The van der Waals surface area contributed by atoms with Crippen LogP contribution in [0.4, 0.5) is 0 Å². The highest BCUT2D eigenvalue weighted by Gasteiger charge is 2.34. The lowest BCUT2D eigenvalue weighted by Crippen LogP contribution is -2.52. The van der Waals surface area contributed by atoms with Crippen molar-refractivity contribution in [2.24, 2.45) is 11.7 Å². The van der Waals surface area contributed by atoms with Gasteiger partial charge < -0.3 is 11.1 Å². The molecular weight excluding hydrogens is 224 g/mol. The summed E-state index contributed by atoms with van der Waals surface area (Å²) in [6.07, 6.45) is 3.45. The Morgan fingerprint density at radius 3 is 2.56 bits per heavy atom. The molecule has 0 heterocycles. The van der Waals surface area contributed by atoms with Gasteiger partial charge in [-0.05, 0) is 31.2 Å². The van der Waals surface area contributed by atoms with E-state index < -0.39 is 5.54 Å². The number of rotatable bonds is 3. The zero-order valence-corrected chi connectivity index (χ0v) is 11.1. The van der Waals surface area contributed by atoms with E-state index >= 15 is 0 Å². The molecule has 3 heteroatoms. The van der Waals surface area contributed by atoms with Crippen molar-refractivity contribution >= 4 is 5.91 Å². The van der Waals surface area contributed by atoms with Crippen molar-refractivity contribution in [3.05, 3.63) is 35.9 Å². The third kappa shape index (κ3) is 2.56. The first-order chi connectivity index (χ1) is 8.51. The zero-order chi connectivity index (χ0) is 13.2. The third-order valence-corrected chi connectivity index (χ3v) is 4.02. The molecule has 3 N–H and O–H groups in total. The summed E-state index contributed by atoms with van der Waals surface area (Å²) in [6.45, 7) is 3.96. The van der Waals surface area contributed by atoms with Crippen LogP contribution >= 0.6 is 0 Å². The summed E-state index contributed by atoms with van der Waals surface area (Å²) in [5.74, 6) is 0.480. The van der Waals surface area contributed by atoms with Crippen molar-refractivity contribution in [1.82, 2.24) is 5.32 Å². The van der Waals surface area contributed by atoms with E-state index in [0.717, 1.165) is 12.0 Å². The van der Waals surface area contributed by atoms with Gasteiger partial charge >= 0.3 is 0 Å². The van der Waals surface area contributed by atoms with Crippen LogP contribution < -0.4 is 11.1 Å². The minimum Gasteiger partial charge on any atom is -0.351 e. The van der Waals surface area contributed by atoms with Crippen LogP contribution in [0.5, 0.6) is 0 Å². The maximum Gasteiger partial charge on any atom is 0.244 e. The summed E-state index contributed by atoms with van der Waals surface area (Å²) in [7, 11) is 0. The van der Waals surface area contributed by atoms with E-state index in [1.807, 2.05) is 30.3 Å². The maximum absolute atomic E-state index is 12.3. The minimum atomic E-state index is -0.955. The predicted molar refractivity (Wildman–Crippen MR) is 72.9 cm³/mol. The van der Waals surface area contributed by atoms with Crippen molar-refractivity contribution < 1.29 is 4.79 Å². The summed E-state index contributed by atoms with van der Waals surface area (Å²) in [5.41, 5.74) is 6.09. The largest absolute Gasteiger partial charge is 0.351 e. The molecule has 0 spiro atoms. The molecule has 1 amide bonds. The van der Waals surface area contributed by atoms with Crippen molar-refractivity contribution in [3.63, 3.8) is 0 Å². The molecule has 3 nitrogen and oxygen atoms in total. The average Bonchev–Trinajstić information content (AvgIpc) is 2.76. The molecule has 0 saturated heterocycles. The van der Waals surface area contributed by atoms with Crippen molar-refractivity contribution in [3.8, 4) is 0 Å². The Labute approximate surface area is 109 Å². The lowest BCUT2D eigenvalue weighted by molar-refractivity contribution is -0.127. The zero-order valence-electron chi connectivity index (χ0n) is 11.1. The lowest BCUT2D eigenvalue weighted by atomic mass is 9.91. The Bertz CT molecular complexity index is 414. The molecule has 1 aliphatic carbocycles.